The molecule has 0 aliphatic rings. The van der Waals surface area contributed by atoms with E-state index < -0.39 is 0 Å². The fraction of sp³-hybridized carbons (Fsp3) is 0.833. The van der Waals surface area contributed by atoms with Crippen molar-refractivity contribution in [2.45, 2.75) is 58.9 Å². The van der Waals surface area contributed by atoms with Crippen LogP contribution in [0.3, 0.4) is 0 Å². The zero-order chi connectivity index (χ0) is 12.1. The molecule has 0 bridgehead atoms. The maximum absolute atomic E-state index is 5.95. The minimum atomic E-state index is 0.0412. The van der Waals surface area contributed by atoms with Crippen LogP contribution < -0.4 is 5.73 Å². The molecular formula is C12H23N3O. The molecule has 1 aromatic heterocycles. The summed E-state index contributed by atoms with van der Waals surface area (Å²) >= 11 is 0. The van der Waals surface area contributed by atoms with Gasteiger partial charge in [-0.3, -0.25) is 0 Å². The number of nitrogens with zero attached hydrogens (tertiary/aromatic N) is 2. The van der Waals surface area contributed by atoms with Gasteiger partial charge in [-0.05, 0) is 19.3 Å². The van der Waals surface area contributed by atoms with E-state index in [9.17, 15) is 0 Å². The highest BCUT2D eigenvalue weighted by atomic mass is 16.5. The van der Waals surface area contributed by atoms with Crippen LogP contribution in [-0.2, 0) is 6.42 Å². The van der Waals surface area contributed by atoms with Crippen molar-refractivity contribution >= 4 is 0 Å². The van der Waals surface area contributed by atoms with E-state index in [1.54, 1.807) is 0 Å². The molecule has 2 unspecified atom stereocenters. The molecule has 0 aliphatic carbocycles. The van der Waals surface area contributed by atoms with Gasteiger partial charge in [-0.1, -0.05) is 32.3 Å². The van der Waals surface area contributed by atoms with Gasteiger partial charge < -0.3 is 10.3 Å². The number of nitrogens with two attached hydrogens (primary N) is 1. The molecule has 1 aromatic rings. The molecule has 0 amide bonds. The second kappa shape index (κ2) is 5.99. The van der Waals surface area contributed by atoms with Gasteiger partial charge in [0.1, 0.15) is 0 Å². The third kappa shape index (κ3) is 3.30. The smallest absolute Gasteiger partial charge is 0.231 e. The Bertz CT molecular complexity index is 299. The first-order chi connectivity index (χ1) is 7.56. The van der Waals surface area contributed by atoms with Crippen LogP contribution in [0, 0.1) is 5.92 Å². The topological polar surface area (TPSA) is 64.9 Å². The average Bonchev–Trinajstić information content (AvgIpc) is 2.62. The van der Waals surface area contributed by atoms with Crippen LogP contribution in [0.25, 0.3) is 0 Å². The lowest BCUT2D eigenvalue weighted by atomic mass is 9.90. The van der Waals surface area contributed by atoms with Gasteiger partial charge in [0, 0.05) is 12.5 Å². The molecule has 4 nitrogen and oxygen atoms in total. The van der Waals surface area contributed by atoms with Gasteiger partial charge in [0.15, 0.2) is 5.82 Å². The summed E-state index contributed by atoms with van der Waals surface area (Å²) in [5, 5.41) is 4.00. The van der Waals surface area contributed by atoms with Crippen LogP contribution in [0.4, 0.5) is 0 Å². The Hall–Kier alpha value is -0.900. The maximum atomic E-state index is 5.95. The van der Waals surface area contributed by atoms with E-state index in [-0.39, 0.29) is 12.0 Å². The Morgan fingerprint density at radius 3 is 2.50 bits per heavy atom. The maximum Gasteiger partial charge on any atom is 0.231 e. The number of rotatable bonds is 6. The normalized spacial score (nSPS) is 15.4. The highest BCUT2D eigenvalue weighted by Crippen LogP contribution is 2.25. The molecule has 0 saturated heterocycles. The van der Waals surface area contributed by atoms with Crippen molar-refractivity contribution in [3.63, 3.8) is 0 Å². The molecule has 1 rings (SSSR count). The molecule has 2 N–H and O–H groups in total. The first-order valence-corrected chi connectivity index (χ1v) is 6.14. The van der Waals surface area contributed by atoms with Gasteiger partial charge in [-0.25, -0.2) is 0 Å². The molecule has 16 heavy (non-hydrogen) atoms. The highest BCUT2D eigenvalue weighted by molar-refractivity contribution is 4.99. The highest BCUT2D eigenvalue weighted by Gasteiger charge is 2.25. The van der Waals surface area contributed by atoms with E-state index in [1.807, 2.05) is 6.92 Å². The number of hydrogen-bond acceptors (Lipinski definition) is 4. The van der Waals surface area contributed by atoms with Crippen LogP contribution >= 0.6 is 0 Å². The van der Waals surface area contributed by atoms with E-state index in [1.165, 1.54) is 0 Å². The molecule has 0 aromatic carbocycles. The lowest BCUT2D eigenvalue weighted by Gasteiger charge is -2.20. The number of aromatic nitrogens is 2. The third-order valence-corrected chi connectivity index (χ3v) is 2.81. The molecule has 92 valence electrons. The summed E-state index contributed by atoms with van der Waals surface area (Å²) in [5.41, 5.74) is 5.95. The quantitative estimate of drug-likeness (QED) is 0.807. The summed E-state index contributed by atoms with van der Waals surface area (Å²) in [4.78, 5) is 4.43. The zero-order valence-electron chi connectivity index (χ0n) is 10.7. The third-order valence-electron chi connectivity index (χ3n) is 2.81. The van der Waals surface area contributed by atoms with Gasteiger partial charge in [-0.15, -0.1) is 0 Å². The molecule has 0 radical (unpaired) electrons. The van der Waals surface area contributed by atoms with Crippen molar-refractivity contribution in [1.29, 1.82) is 0 Å². The first kappa shape index (κ1) is 13.2. The van der Waals surface area contributed by atoms with E-state index in [2.05, 4.69) is 30.9 Å². The van der Waals surface area contributed by atoms with Crippen LogP contribution in [0.15, 0.2) is 4.52 Å². The van der Waals surface area contributed by atoms with Gasteiger partial charge in [-0.2, -0.15) is 4.98 Å². The summed E-state index contributed by atoms with van der Waals surface area (Å²) in [6.07, 6.45) is 3.14. The summed E-state index contributed by atoms with van der Waals surface area (Å²) < 4.78 is 5.31. The van der Waals surface area contributed by atoms with E-state index >= 15 is 0 Å². The zero-order valence-corrected chi connectivity index (χ0v) is 10.7. The molecule has 4 heteroatoms. The van der Waals surface area contributed by atoms with Crippen molar-refractivity contribution < 1.29 is 4.52 Å². The minimum absolute atomic E-state index is 0.0412. The second-order valence-electron chi connectivity index (χ2n) is 4.78. The first-order valence-electron chi connectivity index (χ1n) is 6.14. The fourth-order valence-electron chi connectivity index (χ4n) is 1.96. The summed E-state index contributed by atoms with van der Waals surface area (Å²) in [7, 11) is 0. The van der Waals surface area contributed by atoms with Crippen LogP contribution in [-0.4, -0.2) is 16.2 Å². The van der Waals surface area contributed by atoms with E-state index in [4.69, 9.17) is 10.3 Å². The number of unbranched alkanes of at least 4 members (excludes halogenated alkanes) is 1. The molecule has 2 atom stereocenters. The molecule has 0 fully saturated rings. The molecular weight excluding hydrogens is 202 g/mol. The fourth-order valence-corrected chi connectivity index (χ4v) is 1.96. The predicted octanol–water partition coefficient (Wildman–Crippen LogP) is 2.50. The lowest BCUT2D eigenvalue weighted by Crippen LogP contribution is -2.28. The van der Waals surface area contributed by atoms with Gasteiger partial charge in [0.25, 0.3) is 0 Å². The predicted molar refractivity (Wildman–Crippen MR) is 64.1 cm³/mol. The van der Waals surface area contributed by atoms with Crippen molar-refractivity contribution in [1.82, 2.24) is 10.1 Å². The van der Waals surface area contributed by atoms with Gasteiger partial charge in [0.2, 0.25) is 5.89 Å². The minimum Gasteiger partial charge on any atom is -0.339 e. The standard InChI is InChI=1S/C12H23N3O/c1-5-6-7-10-14-12(16-15-10)11(8(2)3)9(4)13/h8-9,11H,5-7,13H2,1-4H3. The Morgan fingerprint density at radius 2 is 2.00 bits per heavy atom. The summed E-state index contributed by atoms with van der Waals surface area (Å²) in [5.74, 6) is 2.07. The molecule has 0 saturated carbocycles. The van der Waals surface area contributed by atoms with E-state index in [0.717, 1.165) is 25.1 Å². The molecule has 0 spiro atoms. The largest absolute Gasteiger partial charge is 0.339 e. The van der Waals surface area contributed by atoms with Crippen molar-refractivity contribution in [2.24, 2.45) is 11.7 Å². The Morgan fingerprint density at radius 1 is 1.31 bits per heavy atom. The van der Waals surface area contributed by atoms with Crippen molar-refractivity contribution in [3.05, 3.63) is 11.7 Å². The second-order valence-corrected chi connectivity index (χ2v) is 4.78. The van der Waals surface area contributed by atoms with Crippen LogP contribution in [0.1, 0.15) is 58.2 Å². The molecule has 0 aliphatic heterocycles. The monoisotopic (exact) mass is 225 g/mol. The van der Waals surface area contributed by atoms with Crippen LogP contribution in [0.5, 0.6) is 0 Å². The lowest BCUT2D eigenvalue weighted by molar-refractivity contribution is 0.298. The van der Waals surface area contributed by atoms with E-state index in [0.29, 0.717) is 11.8 Å². The summed E-state index contributed by atoms with van der Waals surface area (Å²) in [6.45, 7) is 8.40. The average molecular weight is 225 g/mol. The van der Waals surface area contributed by atoms with Crippen molar-refractivity contribution in [3.8, 4) is 0 Å². The van der Waals surface area contributed by atoms with Crippen LogP contribution in [0.2, 0.25) is 0 Å². The van der Waals surface area contributed by atoms with Gasteiger partial charge in [0.05, 0.1) is 5.92 Å². The summed E-state index contributed by atoms with van der Waals surface area (Å²) in [6, 6.07) is 0.0412. The Balaban J connectivity index is 2.74. The Kier molecular flexibility index (Phi) is 4.93. The SMILES string of the molecule is CCCCc1noc(C(C(C)C)C(C)N)n1. The Labute approximate surface area is 97.6 Å². The van der Waals surface area contributed by atoms with Gasteiger partial charge >= 0.3 is 0 Å². The number of aryl methyl sites for hydroxylation is 1. The number of hydrogen-bond donors (Lipinski definition) is 1. The van der Waals surface area contributed by atoms with Crippen molar-refractivity contribution in [2.75, 3.05) is 0 Å². The molecule has 1 heterocycles.